The summed E-state index contributed by atoms with van der Waals surface area (Å²) in [6, 6.07) is 4.00. The molecule has 4 heteroatoms. The standard InChI is InChI=1S/C15H24N2O2/c1-3-16-10-14-15(8-7-12(2)17-14)19-11-13-6-4-5-9-18-13/h7-8,13,16H,3-6,9-11H2,1-2H3. The lowest BCUT2D eigenvalue weighted by Crippen LogP contribution is -2.26. The van der Waals surface area contributed by atoms with Crippen molar-refractivity contribution in [2.24, 2.45) is 0 Å². The number of rotatable bonds is 6. The Morgan fingerprint density at radius 1 is 1.42 bits per heavy atom. The molecule has 1 aromatic rings. The Morgan fingerprint density at radius 2 is 2.32 bits per heavy atom. The van der Waals surface area contributed by atoms with Crippen molar-refractivity contribution >= 4 is 0 Å². The Kier molecular flexibility index (Phi) is 5.61. The van der Waals surface area contributed by atoms with Crippen LogP contribution in [0.15, 0.2) is 12.1 Å². The summed E-state index contributed by atoms with van der Waals surface area (Å²) in [7, 11) is 0. The van der Waals surface area contributed by atoms with E-state index in [1.54, 1.807) is 0 Å². The number of hydrogen-bond acceptors (Lipinski definition) is 4. The van der Waals surface area contributed by atoms with Gasteiger partial charge < -0.3 is 14.8 Å². The topological polar surface area (TPSA) is 43.4 Å². The van der Waals surface area contributed by atoms with Crippen molar-refractivity contribution in [3.63, 3.8) is 0 Å². The van der Waals surface area contributed by atoms with Crippen molar-refractivity contribution in [2.75, 3.05) is 19.8 Å². The van der Waals surface area contributed by atoms with Gasteiger partial charge in [0.15, 0.2) is 0 Å². The molecule has 1 saturated heterocycles. The highest BCUT2D eigenvalue weighted by atomic mass is 16.5. The van der Waals surface area contributed by atoms with E-state index in [9.17, 15) is 0 Å². The lowest BCUT2D eigenvalue weighted by atomic mass is 10.1. The fraction of sp³-hybridized carbons (Fsp3) is 0.667. The van der Waals surface area contributed by atoms with Crippen molar-refractivity contribution in [3.05, 3.63) is 23.5 Å². The van der Waals surface area contributed by atoms with Gasteiger partial charge in [-0.15, -0.1) is 0 Å². The highest BCUT2D eigenvalue weighted by Gasteiger charge is 2.15. The first-order valence-corrected chi connectivity index (χ1v) is 7.21. The van der Waals surface area contributed by atoms with Crippen LogP contribution in [0.5, 0.6) is 5.75 Å². The van der Waals surface area contributed by atoms with Crippen LogP contribution in [0.2, 0.25) is 0 Å². The molecule has 2 rings (SSSR count). The first-order valence-electron chi connectivity index (χ1n) is 7.21. The maximum Gasteiger partial charge on any atom is 0.142 e. The molecule has 1 aliphatic rings. The Labute approximate surface area is 115 Å². The fourth-order valence-electron chi connectivity index (χ4n) is 2.22. The number of ether oxygens (including phenoxy) is 2. The number of aryl methyl sites for hydroxylation is 1. The summed E-state index contributed by atoms with van der Waals surface area (Å²) in [5.74, 6) is 0.876. The molecule has 0 aliphatic carbocycles. The van der Waals surface area contributed by atoms with Crippen molar-refractivity contribution < 1.29 is 9.47 Å². The predicted octanol–water partition coefficient (Wildman–Crippen LogP) is 2.45. The van der Waals surface area contributed by atoms with Crippen molar-refractivity contribution in [1.82, 2.24) is 10.3 Å². The average molecular weight is 264 g/mol. The van der Waals surface area contributed by atoms with Gasteiger partial charge in [-0.25, -0.2) is 0 Å². The molecule has 106 valence electrons. The van der Waals surface area contributed by atoms with Gasteiger partial charge in [-0.05, 0) is 44.9 Å². The van der Waals surface area contributed by atoms with Crippen LogP contribution in [0, 0.1) is 6.92 Å². The first-order chi connectivity index (χ1) is 9.29. The third-order valence-corrected chi connectivity index (χ3v) is 3.31. The molecule has 1 fully saturated rings. The molecule has 1 N–H and O–H groups in total. The maximum absolute atomic E-state index is 5.90. The Balaban J connectivity index is 1.93. The molecule has 0 saturated carbocycles. The van der Waals surface area contributed by atoms with Crippen LogP contribution >= 0.6 is 0 Å². The summed E-state index contributed by atoms with van der Waals surface area (Å²) in [6.07, 6.45) is 3.75. The van der Waals surface area contributed by atoms with Gasteiger partial charge in [-0.3, -0.25) is 4.98 Å². The number of hydrogen-bond donors (Lipinski definition) is 1. The molecule has 0 amide bonds. The van der Waals surface area contributed by atoms with Crippen LogP contribution < -0.4 is 10.1 Å². The minimum absolute atomic E-state index is 0.238. The minimum atomic E-state index is 0.238. The van der Waals surface area contributed by atoms with Gasteiger partial charge in [0.1, 0.15) is 12.4 Å². The molecule has 2 heterocycles. The summed E-state index contributed by atoms with van der Waals surface area (Å²) in [4.78, 5) is 4.55. The zero-order chi connectivity index (χ0) is 13.5. The average Bonchev–Trinajstić information content (AvgIpc) is 2.45. The van der Waals surface area contributed by atoms with Gasteiger partial charge in [-0.1, -0.05) is 6.92 Å². The van der Waals surface area contributed by atoms with E-state index in [4.69, 9.17) is 9.47 Å². The van der Waals surface area contributed by atoms with Gasteiger partial charge in [0.25, 0.3) is 0 Å². The van der Waals surface area contributed by atoms with Crippen LogP contribution in [0.4, 0.5) is 0 Å². The SMILES string of the molecule is CCNCc1nc(C)ccc1OCC1CCCCO1. The lowest BCUT2D eigenvalue weighted by Gasteiger charge is -2.23. The summed E-state index contributed by atoms with van der Waals surface area (Å²) in [6.45, 7) is 7.27. The van der Waals surface area contributed by atoms with Crippen LogP contribution in [0.3, 0.4) is 0 Å². The summed E-state index contributed by atoms with van der Waals surface area (Å²) < 4.78 is 11.6. The summed E-state index contributed by atoms with van der Waals surface area (Å²) in [5, 5.41) is 3.30. The van der Waals surface area contributed by atoms with Crippen LogP contribution in [0.25, 0.3) is 0 Å². The molecule has 1 aliphatic heterocycles. The smallest absolute Gasteiger partial charge is 0.142 e. The van der Waals surface area contributed by atoms with Gasteiger partial charge >= 0.3 is 0 Å². The Morgan fingerprint density at radius 3 is 3.05 bits per heavy atom. The second kappa shape index (κ2) is 7.46. The minimum Gasteiger partial charge on any atom is -0.489 e. The fourth-order valence-corrected chi connectivity index (χ4v) is 2.22. The van der Waals surface area contributed by atoms with E-state index < -0.39 is 0 Å². The Bertz CT molecular complexity index is 390. The first kappa shape index (κ1) is 14.3. The molecular formula is C15H24N2O2. The highest BCUT2D eigenvalue weighted by Crippen LogP contribution is 2.19. The molecule has 1 atom stereocenters. The van der Waals surface area contributed by atoms with Crippen LogP contribution in [-0.2, 0) is 11.3 Å². The molecule has 0 spiro atoms. The van der Waals surface area contributed by atoms with E-state index in [0.717, 1.165) is 43.3 Å². The summed E-state index contributed by atoms with van der Waals surface area (Å²) >= 11 is 0. The highest BCUT2D eigenvalue weighted by molar-refractivity contribution is 5.29. The largest absolute Gasteiger partial charge is 0.489 e. The number of nitrogens with one attached hydrogen (secondary N) is 1. The second-order valence-corrected chi connectivity index (χ2v) is 4.98. The number of pyridine rings is 1. The molecule has 0 aromatic carbocycles. The zero-order valence-corrected chi connectivity index (χ0v) is 11.9. The normalized spacial score (nSPS) is 19.4. The van der Waals surface area contributed by atoms with E-state index in [-0.39, 0.29) is 6.10 Å². The van der Waals surface area contributed by atoms with E-state index in [1.807, 2.05) is 19.1 Å². The van der Waals surface area contributed by atoms with E-state index in [2.05, 4.69) is 17.2 Å². The van der Waals surface area contributed by atoms with Crippen molar-refractivity contribution in [2.45, 2.75) is 45.8 Å². The maximum atomic E-state index is 5.90. The molecule has 1 unspecified atom stereocenters. The Hall–Kier alpha value is -1.13. The van der Waals surface area contributed by atoms with E-state index in [1.165, 1.54) is 12.8 Å². The van der Waals surface area contributed by atoms with Crippen LogP contribution in [0.1, 0.15) is 37.6 Å². The third kappa shape index (κ3) is 4.48. The van der Waals surface area contributed by atoms with Gasteiger partial charge in [0.2, 0.25) is 0 Å². The lowest BCUT2D eigenvalue weighted by molar-refractivity contribution is -0.0113. The zero-order valence-electron chi connectivity index (χ0n) is 11.9. The van der Waals surface area contributed by atoms with E-state index >= 15 is 0 Å². The molecule has 1 aromatic heterocycles. The second-order valence-electron chi connectivity index (χ2n) is 4.98. The number of aromatic nitrogens is 1. The third-order valence-electron chi connectivity index (χ3n) is 3.31. The van der Waals surface area contributed by atoms with Crippen LogP contribution in [-0.4, -0.2) is 30.8 Å². The summed E-state index contributed by atoms with van der Waals surface area (Å²) in [5.41, 5.74) is 2.01. The predicted molar refractivity (Wildman–Crippen MR) is 75.4 cm³/mol. The molecule has 4 nitrogen and oxygen atoms in total. The molecule has 19 heavy (non-hydrogen) atoms. The van der Waals surface area contributed by atoms with Gasteiger partial charge in [0.05, 0.1) is 11.8 Å². The quantitative estimate of drug-likeness (QED) is 0.857. The van der Waals surface area contributed by atoms with Gasteiger partial charge in [0, 0.05) is 18.8 Å². The number of nitrogens with zero attached hydrogens (tertiary/aromatic N) is 1. The molecular weight excluding hydrogens is 240 g/mol. The van der Waals surface area contributed by atoms with Gasteiger partial charge in [-0.2, -0.15) is 0 Å². The van der Waals surface area contributed by atoms with Crippen molar-refractivity contribution in [1.29, 1.82) is 0 Å². The van der Waals surface area contributed by atoms with E-state index in [0.29, 0.717) is 6.61 Å². The molecule has 0 bridgehead atoms. The van der Waals surface area contributed by atoms with Crippen molar-refractivity contribution in [3.8, 4) is 5.75 Å². The molecule has 0 radical (unpaired) electrons. The monoisotopic (exact) mass is 264 g/mol.